The van der Waals surface area contributed by atoms with Crippen molar-refractivity contribution in [2.75, 3.05) is 26.2 Å². The monoisotopic (exact) mass is 429 g/mol. The van der Waals surface area contributed by atoms with E-state index in [0.29, 0.717) is 31.7 Å². The van der Waals surface area contributed by atoms with Gasteiger partial charge in [-0.3, -0.25) is 9.69 Å². The molecule has 0 spiro atoms. The Bertz CT molecular complexity index is 1100. The van der Waals surface area contributed by atoms with Crippen LogP contribution in [-0.4, -0.2) is 54.6 Å². The van der Waals surface area contributed by atoms with Gasteiger partial charge in [-0.25, -0.2) is 13.4 Å². The number of carbonyl (C=O) groups is 1. The van der Waals surface area contributed by atoms with E-state index in [9.17, 15) is 13.2 Å². The van der Waals surface area contributed by atoms with Gasteiger partial charge in [-0.15, -0.1) is 11.3 Å². The molecule has 0 aliphatic carbocycles. The third-order valence-electron chi connectivity index (χ3n) is 5.39. The van der Waals surface area contributed by atoms with E-state index in [1.54, 1.807) is 23.5 Å². The number of piperazine rings is 1. The summed E-state index contributed by atoms with van der Waals surface area (Å²) in [5, 5.41) is 1.06. The summed E-state index contributed by atoms with van der Waals surface area (Å²) >= 11 is 1.69. The quantitative estimate of drug-likeness (QED) is 0.580. The van der Waals surface area contributed by atoms with Crippen molar-refractivity contribution in [2.45, 2.75) is 24.8 Å². The highest BCUT2D eigenvalue weighted by Crippen LogP contribution is 2.30. The third kappa shape index (κ3) is 3.98. The largest absolute Gasteiger partial charge is 0.295 e. The molecule has 3 aromatic rings. The van der Waals surface area contributed by atoms with Crippen LogP contribution >= 0.6 is 11.3 Å². The van der Waals surface area contributed by atoms with Crippen molar-refractivity contribution in [2.24, 2.45) is 0 Å². The van der Waals surface area contributed by atoms with Crippen molar-refractivity contribution in [3.8, 4) is 0 Å². The van der Waals surface area contributed by atoms with Gasteiger partial charge < -0.3 is 0 Å². The average molecular weight is 430 g/mol. The van der Waals surface area contributed by atoms with Crippen molar-refractivity contribution in [3.63, 3.8) is 0 Å². The molecule has 152 valence electrons. The summed E-state index contributed by atoms with van der Waals surface area (Å²) in [7, 11) is -3.56. The first-order valence-electron chi connectivity index (χ1n) is 9.57. The Morgan fingerprint density at radius 3 is 2.31 bits per heavy atom. The van der Waals surface area contributed by atoms with Gasteiger partial charge in [0.2, 0.25) is 10.0 Å². The van der Waals surface area contributed by atoms with E-state index in [1.807, 2.05) is 18.2 Å². The highest BCUT2D eigenvalue weighted by atomic mass is 32.2. The Balaban J connectivity index is 1.44. The summed E-state index contributed by atoms with van der Waals surface area (Å²) in [6.45, 7) is 5.78. The molecule has 8 heteroatoms. The molecule has 1 aliphatic rings. The predicted octanol–water partition coefficient (Wildman–Crippen LogP) is 3.57. The number of thiazole rings is 1. The minimum Gasteiger partial charge on any atom is -0.295 e. The number of nitrogens with zero attached hydrogens (tertiary/aromatic N) is 3. The molecule has 6 nitrogen and oxygen atoms in total. The number of ketones is 1. The Labute approximate surface area is 174 Å². The third-order valence-corrected chi connectivity index (χ3v) is 8.51. The molecule has 4 rings (SSSR count). The summed E-state index contributed by atoms with van der Waals surface area (Å²) in [6.07, 6.45) is 0. The van der Waals surface area contributed by atoms with Gasteiger partial charge in [-0.2, -0.15) is 4.31 Å². The molecular weight excluding hydrogens is 406 g/mol. The molecule has 1 fully saturated rings. The van der Waals surface area contributed by atoms with Crippen molar-refractivity contribution < 1.29 is 13.2 Å². The molecule has 0 bridgehead atoms. The molecule has 0 amide bonds. The summed E-state index contributed by atoms with van der Waals surface area (Å²) in [6, 6.07) is 14.4. The lowest BCUT2D eigenvalue weighted by atomic mass is 10.2. The lowest BCUT2D eigenvalue weighted by Gasteiger charge is -2.36. The zero-order chi connectivity index (χ0) is 20.6. The maximum atomic E-state index is 12.9. The summed E-state index contributed by atoms with van der Waals surface area (Å²) in [4.78, 5) is 18.7. The van der Waals surface area contributed by atoms with Crippen molar-refractivity contribution in [1.29, 1.82) is 0 Å². The van der Waals surface area contributed by atoms with Crippen LogP contribution in [0.25, 0.3) is 10.2 Å². The number of hydrogen-bond acceptors (Lipinski definition) is 6. The second-order valence-corrected chi connectivity index (χ2v) is 10.2. The second-order valence-electron chi connectivity index (χ2n) is 7.22. The number of benzene rings is 2. The van der Waals surface area contributed by atoms with Gasteiger partial charge >= 0.3 is 0 Å². The number of Topliss-reactive ketones (excluding diaryl/α,β-unsaturated/α-hetero) is 1. The van der Waals surface area contributed by atoms with Gasteiger partial charge in [0.25, 0.3) is 0 Å². The van der Waals surface area contributed by atoms with Crippen LogP contribution in [-0.2, 0) is 10.0 Å². The zero-order valence-corrected chi connectivity index (χ0v) is 18.0. The summed E-state index contributed by atoms with van der Waals surface area (Å²) < 4.78 is 28.6. The lowest BCUT2D eigenvalue weighted by molar-refractivity contribution is 0.101. The molecule has 29 heavy (non-hydrogen) atoms. The van der Waals surface area contributed by atoms with Gasteiger partial charge in [-0.05, 0) is 38.1 Å². The van der Waals surface area contributed by atoms with E-state index in [4.69, 9.17) is 4.98 Å². The van der Waals surface area contributed by atoms with E-state index in [2.05, 4.69) is 17.9 Å². The van der Waals surface area contributed by atoms with Crippen molar-refractivity contribution in [3.05, 3.63) is 59.1 Å². The summed E-state index contributed by atoms with van der Waals surface area (Å²) in [5.74, 6) is -0.0774. The fourth-order valence-corrected chi connectivity index (χ4v) is 6.04. The van der Waals surface area contributed by atoms with Crippen LogP contribution in [0.5, 0.6) is 0 Å². The number of fused-ring (bicyclic) bond motifs is 1. The predicted molar refractivity (Wildman–Crippen MR) is 115 cm³/mol. The number of sulfonamides is 1. The first-order valence-corrected chi connectivity index (χ1v) is 11.8. The highest BCUT2D eigenvalue weighted by Gasteiger charge is 2.31. The molecule has 2 aromatic carbocycles. The molecule has 0 saturated carbocycles. The van der Waals surface area contributed by atoms with Gasteiger partial charge in [0, 0.05) is 31.7 Å². The first-order chi connectivity index (χ1) is 13.9. The first kappa shape index (κ1) is 20.2. The van der Waals surface area contributed by atoms with E-state index in [1.165, 1.54) is 28.1 Å². The summed E-state index contributed by atoms with van der Waals surface area (Å²) in [5.41, 5.74) is 1.52. The second kappa shape index (κ2) is 7.95. The van der Waals surface area contributed by atoms with Crippen molar-refractivity contribution >= 4 is 37.4 Å². The topological polar surface area (TPSA) is 70.6 Å². The minimum absolute atomic E-state index is 0.0774. The van der Waals surface area contributed by atoms with E-state index in [-0.39, 0.29) is 16.7 Å². The Morgan fingerprint density at radius 2 is 1.69 bits per heavy atom. The van der Waals surface area contributed by atoms with Crippen LogP contribution in [0, 0.1) is 0 Å². The van der Waals surface area contributed by atoms with E-state index in [0.717, 1.165) is 10.5 Å². The SMILES string of the molecule is CC(=O)c1ccc(S(=O)(=O)N2CCN([C@H](C)c3nc4ccccc4s3)CC2)cc1. The van der Waals surface area contributed by atoms with Crippen molar-refractivity contribution in [1.82, 2.24) is 14.2 Å². The fraction of sp³-hybridized carbons (Fsp3) is 0.333. The number of rotatable bonds is 5. The molecule has 2 heterocycles. The van der Waals surface area contributed by atoms with Crippen LogP contribution in [0.3, 0.4) is 0 Å². The number of hydrogen-bond donors (Lipinski definition) is 0. The maximum Gasteiger partial charge on any atom is 0.243 e. The molecule has 1 aliphatic heterocycles. The van der Waals surface area contributed by atoms with E-state index < -0.39 is 10.0 Å². The standard InChI is InChI=1S/C21H23N3O3S2/c1-15(21-22-19-5-3-4-6-20(19)28-21)23-11-13-24(14-12-23)29(26,27)18-9-7-17(8-10-18)16(2)25/h3-10,15H,11-14H2,1-2H3/t15-/m1/s1. The Hall–Kier alpha value is -2.13. The van der Waals surface area contributed by atoms with Crippen LogP contribution in [0.1, 0.15) is 35.3 Å². The Morgan fingerprint density at radius 1 is 1.03 bits per heavy atom. The van der Waals surface area contributed by atoms with Gasteiger partial charge in [-0.1, -0.05) is 24.3 Å². The molecule has 0 N–H and O–H groups in total. The number of aromatic nitrogens is 1. The molecular formula is C21H23N3O3S2. The molecule has 1 saturated heterocycles. The van der Waals surface area contributed by atoms with Crippen LogP contribution in [0.15, 0.2) is 53.4 Å². The number of para-hydroxylation sites is 1. The molecule has 0 unspecified atom stereocenters. The van der Waals surface area contributed by atoms with Crippen LogP contribution < -0.4 is 0 Å². The lowest BCUT2D eigenvalue weighted by Crippen LogP contribution is -2.49. The van der Waals surface area contributed by atoms with Gasteiger partial charge in [0.05, 0.1) is 21.2 Å². The average Bonchev–Trinajstić information content (AvgIpc) is 3.17. The normalized spacial score (nSPS) is 17.4. The maximum absolute atomic E-state index is 12.9. The Kier molecular flexibility index (Phi) is 5.52. The minimum atomic E-state index is -3.56. The van der Waals surface area contributed by atoms with E-state index >= 15 is 0 Å². The fourth-order valence-electron chi connectivity index (χ4n) is 3.57. The highest BCUT2D eigenvalue weighted by molar-refractivity contribution is 7.89. The number of carbonyl (C=O) groups excluding carboxylic acids is 1. The van der Waals surface area contributed by atoms with Crippen LogP contribution in [0.2, 0.25) is 0 Å². The van der Waals surface area contributed by atoms with Gasteiger partial charge in [0.1, 0.15) is 5.01 Å². The molecule has 0 radical (unpaired) electrons. The van der Waals surface area contributed by atoms with Crippen LogP contribution in [0.4, 0.5) is 0 Å². The zero-order valence-electron chi connectivity index (χ0n) is 16.4. The molecule has 1 aromatic heterocycles. The smallest absolute Gasteiger partial charge is 0.243 e. The molecule has 1 atom stereocenters. The van der Waals surface area contributed by atoms with Gasteiger partial charge in [0.15, 0.2) is 5.78 Å².